The quantitative estimate of drug-likeness (QED) is 0.664. The van der Waals surface area contributed by atoms with Crippen LogP contribution in [0, 0.1) is 5.82 Å². The Balaban J connectivity index is 1.64. The zero-order valence-corrected chi connectivity index (χ0v) is 17.7. The molecular formula is C24H25FN2O4. The number of nitrogens with zero attached hydrogens (tertiary/aromatic N) is 2. The van der Waals surface area contributed by atoms with Gasteiger partial charge in [0.2, 0.25) is 5.91 Å². The third kappa shape index (κ3) is 5.36. The van der Waals surface area contributed by atoms with Gasteiger partial charge in [0.25, 0.3) is 5.91 Å². The number of fused-ring (bicyclic) bond motifs is 1. The maximum atomic E-state index is 13.4. The van der Waals surface area contributed by atoms with E-state index in [1.807, 2.05) is 30.3 Å². The van der Waals surface area contributed by atoms with E-state index < -0.39 is 24.0 Å². The van der Waals surface area contributed by atoms with Gasteiger partial charge in [-0.15, -0.1) is 0 Å². The number of likely N-dealkylation sites (N-methyl/N-ethyl adjacent to an activating group) is 1. The number of ether oxygens (including phenoxy) is 1. The standard InChI is InChI=1S/C24H25FN2O4/c1-16(24(30)26(3)15-18-7-6-9-20(25)13-18)31-23(29)14-22-21-10-5-4-8-19(21)11-12-27(22)17(2)28/h4-13,16,22H,14-15H2,1-3H3. The Bertz CT molecular complexity index is 1020. The van der Waals surface area contributed by atoms with Gasteiger partial charge in [0.05, 0.1) is 12.5 Å². The second-order valence-electron chi connectivity index (χ2n) is 7.55. The van der Waals surface area contributed by atoms with E-state index in [-0.39, 0.29) is 24.7 Å². The molecule has 1 heterocycles. The molecule has 6 nitrogen and oxygen atoms in total. The minimum atomic E-state index is -1.01. The number of carbonyl (C=O) groups excluding carboxylic acids is 3. The first-order chi connectivity index (χ1) is 14.8. The van der Waals surface area contributed by atoms with Gasteiger partial charge >= 0.3 is 5.97 Å². The fourth-order valence-electron chi connectivity index (χ4n) is 3.66. The number of benzene rings is 2. The number of carbonyl (C=O) groups is 3. The van der Waals surface area contributed by atoms with Crippen molar-refractivity contribution < 1.29 is 23.5 Å². The van der Waals surface area contributed by atoms with Crippen molar-refractivity contribution in [1.82, 2.24) is 9.80 Å². The summed E-state index contributed by atoms with van der Waals surface area (Å²) in [5.41, 5.74) is 2.41. The molecule has 2 aromatic carbocycles. The third-order valence-electron chi connectivity index (χ3n) is 5.17. The number of hydrogen-bond donors (Lipinski definition) is 0. The van der Waals surface area contributed by atoms with Crippen LogP contribution < -0.4 is 0 Å². The maximum Gasteiger partial charge on any atom is 0.309 e. The van der Waals surface area contributed by atoms with Crippen LogP contribution in [0.25, 0.3) is 6.08 Å². The first-order valence-corrected chi connectivity index (χ1v) is 10.0. The van der Waals surface area contributed by atoms with Crippen molar-refractivity contribution in [1.29, 1.82) is 0 Å². The highest BCUT2D eigenvalue weighted by Crippen LogP contribution is 2.33. The predicted octanol–water partition coefficient (Wildman–Crippen LogP) is 3.68. The summed E-state index contributed by atoms with van der Waals surface area (Å²) in [6.07, 6.45) is 2.40. The van der Waals surface area contributed by atoms with E-state index in [4.69, 9.17) is 4.74 Å². The lowest BCUT2D eigenvalue weighted by atomic mass is 9.94. The molecule has 1 aliphatic rings. The smallest absolute Gasteiger partial charge is 0.309 e. The molecule has 2 aromatic rings. The Morgan fingerprint density at radius 1 is 1.16 bits per heavy atom. The zero-order chi connectivity index (χ0) is 22.5. The van der Waals surface area contributed by atoms with E-state index in [9.17, 15) is 18.8 Å². The van der Waals surface area contributed by atoms with E-state index in [1.165, 1.54) is 35.8 Å². The van der Waals surface area contributed by atoms with Gasteiger partial charge in [-0.05, 0) is 41.8 Å². The molecule has 0 aliphatic carbocycles. The number of esters is 1. The summed E-state index contributed by atoms with van der Waals surface area (Å²) in [5.74, 6) is -1.55. The molecule has 31 heavy (non-hydrogen) atoms. The van der Waals surface area contributed by atoms with Crippen molar-refractivity contribution in [3.8, 4) is 0 Å². The van der Waals surface area contributed by atoms with E-state index in [1.54, 1.807) is 25.4 Å². The highest BCUT2D eigenvalue weighted by atomic mass is 19.1. The van der Waals surface area contributed by atoms with Crippen LogP contribution >= 0.6 is 0 Å². The second-order valence-corrected chi connectivity index (χ2v) is 7.55. The highest BCUT2D eigenvalue weighted by Gasteiger charge is 2.30. The number of amides is 2. The lowest BCUT2D eigenvalue weighted by Crippen LogP contribution is -2.38. The Hall–Kier alpha value is -3.48. The van der Waals surface area contributed by atoms with Crippen LogP contribution in [0.5, 0.6) is 0 Å². The molecule has 0 spiro atoms. The van der Waals surface area contributed by atoms with E-state index in [0.717, 1.165) is 11.1 Å². The maximum absolute atomic E-state index is 13.4. The predicted molar refractivity (Wildman–Crippen MR) is 114 cm³/mol. The number of hydrogen-bond acceptors (Lipinski definition) is 4. The van der Waals surface area contributed by atoms with Crippen LogP contribution in [-0.2, 0) is 25.7 Å². The molecule has 1 aliphatic heterocycles. The summed E-state index contributed by atoms with van der Waals surface area (Å²) >= 11 is 0. The minimum absolute atomic E-state index is 0.0772. The third-order valence-corrected chi connectivity index (χ3v) is 5.17. The van der Waals surface area contributed by atoms with Gasteiger partial charge in [0, 0.05) is 26.7 Å². The van der Waals surface area contributed by atoms with Crippen molar-refractivity contribution in [3.63, 3.8) is 0 Å². The molecule has 162 valence electrons. The van der Waals surface area contributed by atoms with Crippen LogP contribution in [0.4, 0.5) is 4.39 Å². The van der Waals surface area contributed by atoms with Gasteiger partial charge < -0.3 is 14.5 Å². The monoisotopic (exact) mass is 424 g/mol. The zero-order valence-electron chi connectivity index (χ0n) is 17.7. The van der Waals surface area contributed by atoms with Gasteiger partial charge in [-0.3, -0.25) is 14.4 Å². The molecule has 0 N–H and O–H groups in total. The molecular weight excluding hydrogens is 399 g/mol. The van der Waals surface area contributed by atoms with E-state index >= 15 is 0 Å². The van der Waals surface area contributed by atoms with Crippen LogP contribution in [0.15, 0.2) is 54.7 Å². The molecule has 3 rings (SSSR count). The lowest BCUT2D eigenvalue weighted by molar-refractivity contribution is -0.159. The number of halogens is 1. The van der Waals surface area contributed by atoms with Crippen LogP contribution in [0.1, 0.15) is 43.0 Å². The van der Waals surface area contributed by atoms with Gasteiger partial charge in [-0.2, -0.15) is 0 Å². The van der Waals surface area contributed by atoms with Crippen molar-refractivity contribution in [2.45, 2.75) is 39.0 Å². The molecule has 2 unspecified atom stereocenters. The summed E-state index contributed by atoms with van der Waals surface area (Å²) in [6.45, 7) is 3.13. The fourth-order valence-corrected chi connectivity index (χ4v) is 3.66. The van der Waals surface area contributed by atoms with E-state index in [0.29, 0.717) is 5.56 Å². The minimum Gasteiger partial charge on any atom is -0.452 e. The van der Waals surface area contributed by atoms with Crippen molar-refractivity contribution in [3.05, 3.63) is 77.2 Å². The summed E-state index contributed by atoms with van der Waals surface area (Å²) in [6, 6.07) is 13.0. The molecule has 0 bridgehead atoms. The summed E-state index contributed by atoms with van der Waals surface area (Å²) in [7, 11) is 1.57. The topological polar surface area (TPSA) is 66.9 Å². The largest absolute Gasteiger partial charge is 0.452 e. The van der Waals surface area contributed by atoms with Gasteiger partial charge in [-0.1, -0.05) is 36.4 Å². The molecule has 2 atom stereocenters. The molecule has 2 amide bonds. The molecule has 0 saturated heterocycles. The molecule has 0 radical (unpaired) electrons. The van der Waals surface area contributed by atoms with E-state index in [2.05, 4.69) is 0 Å². The Morgan fingerprint density at radius 2 is 1.90 bits per heavy atom. The Morgan fingerprint density at radius 3 is 2.61 bits per heavy atom. The normalized spacial score (nSPS) is 15.7. The van der Waals surface area contributed by atoms with Crippen molar-refractivity contribution >= 4 is 23.9 Å². The summed E-state index contributed by atoms with van der Waals surface area (Å²) in [4.78, 5) is 40.2. The SMILES string of the molecule is CC(=O)N1C=Cc2ccccc2C1CC(=O)OC(C)C(=O)N(C)Cc1cccc(F)c1. The number of rotatable bonds is 6. The first kappa shape index (κ1) is 22.2. The average Bonchev–Trinajstić information content (AvgIpc) is 2.73. The first-order valence-electron chi connectivity index (χ1n) is 10.0. The lowest BCUT2D eigenvalue weighted by Gasteiger charge is -2.32. The van der Waals surface area contributed by atoms with Crippen molar-refractivity contribution in [2.75, 3.05) is 7.05 Å². The van der Waals surface area contributed by atoms with Gasteiger partial charge in [0.15, 0.2) is 6.10 Å². The molecule has 0 fully saturated rings. The molecule has 0 aromatic heterocycles. The van der Waals surface area contributed by atoms with Crippen LogP contribution in [0.2, 0.25) is 0 Å². The average molecular weight is 424 g/mol. The summed E-state index contributed by atoms with van der Waals surface area (Å²) < 4.78 is 18.7. The Kier molecular flexibility index (Phi) is 6.84. The highest BCUT2D eigenvalue weighted by molar-refractivity contribution is 5.84. The van der Waals surface area contributed by atoms with Crippen molar-refractivity contribution in [2.24, 2.45) is 0 Å². The molecule has 7 heteroatoms. The molecule has 0 saturated carbocycles. The summed E-state index contributed by atoms with van der Waals surface area (Å²) in [5, 5.41) is 0. The van der Waals surface area contributed by atoms with Crippen LogP contribution in [-0.4, -0.2) is 40.7 Å². The Labute approximate surface area is 180 Å². The van der Waals surface area contributed by atoms with Gasteiger partial charge in [0.1, 0.15) is 5.82 Å². The second kappa shape index (κ2) is 9.55. The van der Waals surface area contributed by atoms with Gasteiger partial charge in [-0.25, -0.2) is 4.39 Å². The van der Waals surface area contributed by atoms with Crippen LogP contribution in [0.3, 0.4) is 0 Å². The fraction of sp³-hybridized carbons (Fsp3) is 0.292.